The van der Waals surface area contributed by atoms with Crippen LogP contribution < -0.4 is 0 Å². The molecule has 4 rings (SSSR count). The molecule has 1 aliphatic rings. The maximum Gasteiger partial charge on any atom is 0.433 e. The van der Waals surface area contributed by atoms with Gasteiger partial charge in [-0.3, -0.25) is 9.78 Å². The summed E-state index contributed by atoms with van der Waals surface area (Å²) in [5.41, 5.74) is 0.466. The third-order valence-corrected chi connectivity index (χ3v) is 4.88. The van der Waals surface area contributed by atoms with Gasteiger partial charge in [0.1, 0.15) is 11.4 Å². The van der Waals surface area contributed by atoms with Crippen LogP contribution in [0.1, 0.15) is 46.3 Å². The van der Waals surface area contributed by atoms with E-state index in [1.165, 1.54) is 6.92 Å². The summed E-state index contributed by atoms with van der Waals surface area (Å²) in [5, 5.41) is 4.19. The summed E-state index contributed by atoms with van der Waals surface area (Å²) in [6.45, 7) is 2.50. The minimum atomic E-state index is -4.53. The predicted octanol–water partition coefficient (Wildman–Crippen LogP) is 3.47. The van der Waals surface area contributed by atoms with Crippen LogP contribution in [0.4, 0.5) is 13.2 Å². The summed E-state index contributed by atoms with van der Waals surface area (Å²) in [6.07, 6.45) is -1.47. The number of rotatable bonds is 2. The van der Waals surface area contributed by atoms with Crippen molar-refractivity contribution < 1.29 is 18.0 Å². The number of carbonyl (C=O) groups is 1. The van der Waals surface area contributed by atoms with Gasteiger partial charge in [0, 0.05) is 37.0 Å². The van der Waals surface area contributed by atoms with E-state index in [4.69, 9.17) is 0 Å². The van der Waals surface area contributed by atoms with Gasteiger partial charge in [0.15, 0.2) is 5.65 Å². The smallest absolute Gasteiger partial charge is 0.337 e. The molecule has 0 aromatic carbocycles. The van der Waals surface area contributed by atoms with Gasteiger partial charge in [-0.05, 0) is 38.0 Å². The molecule has 1 aliphatic heterocycles. The minimum absolute atomic E-state index is 0.149. The van der Waals surface area contributed by atoms with Crippen LogP contribution in [-0.4, -0.2) is 43.5 Å². The van der Waals surface area contributed by atoms with Crippen molar-refractivity contribution in [2.24, 2.45) is 0 Å². The van der Waals surface area contributed by atoms with Crippen molar-refractivity contribution >= 4 is 11.6 Å². The Balaban J connectivity index is 1.64. The summed E-state index contributed by atoms with van der Waals surface area (Å²) in [7, 11) is 0. The molecule has 1 fully saturated rings. The molecule has 0 N–H and O–H groups in total. The van der Waals surface area contributed by atoms with Crippen LogP contribution in [0.15, 0.2) is 36.5 Å². The zero-order valence-corrected chi connectivity index (χ0v) is 15.1. The number of halogens is 3. The van der Waals surface area contributed by atoms with Crippen LogP contribution in [0, 0.1) is 6.92 Å². The zero-order valence-electron chi connectivity index (χ0n) is 15.1. The molecular formula is C19H18F3N5O. The average molecular weight is 389 g/mol. The number of carbonyl (C=O) groups excluding carboxylic acids is 1. The van der Waals surface area contributed by atoms with Crippen LogP contribution in [0.5, 0.6) is 0 Å². The SMILES string of the molecule is Cc1cc(C(F)(F)F)n2nc(C3CCCN(C(=O)c4ccccn4)C3)cc2n1. The van der Waals surface area contributed by atoms with E-state index < -0.39 is 11.9 Å². The van der Waals surface area contributed by atoms with Crippen molar-refractivity contribution in [1.29, 1.82) is 0 Å². The first-order chi connectivity index (χ1) is 13.3. The molecule has 0 saturated carbocycles. The van der Waals surface area contributed by atoms with E-state index in [0.29, 0.717) is 24.5 Å². The number of likely N-dealkylation sites (tertiary alicyclic amines) is 1. The summed E-state index contributed by atoms with van der Waals surface area (Å²) < 4.78 is 40.9. The van der Waals surface area contributed by atoms with Crippen LogP contribution in [-0.2, 0) is 6.18 Å². The van der Waals surface area contributed by atoms with E-state index in [0.717, 1.165) is 23.4 Å². The molecule has 146 valence electrons. The maximum absolute atomic E-state index is 13.4. The predicted molar refractivity (Wildman–Crippen MR) is 94.8 cm³/mol. The van der Waals surface area contributed by atoms with Crippen molar-refractivity contribution in [2.75, 3.05) is 13.1 Å². The van der Waals surface area contributed by atoms with E-state index in [1.807, 2.05) is 0 Å². The van der Waals surface area contributed by atoms with Gasteiger partial charge in [-0.25, -0.2) is 9.50 Å². The number of nitrogens with zero attached hydrogens (tertiary/aromatic N) is 5. The maximum atomic E-state index is 13.4. The number of hydrogen-bond acceptors (Lipinski definition) is 4. The van der Waals surface area contributed by atoms with Crippen LogP contribution >= 0.6 is 0 Å². The Kier molecular flexibility index (Phi) is 4.52. The molecule has 28 heavy (non-hydrogen) atoms. The molecule has 3 aromatic rings. The molecule has 0 spiro atoms. The van der Waals surface area contributed by atoms with Gasteiger partial charge in [-0.15, -0.1) is 0 Å². The Morgan fingerprint density at radius 1 is 1.25 bits per heavy atom. The van der Waals surface area contributed by atoms with Gasteiger partial charge in [0.2, 0.25) is 0 Å². The standard InChI is InChI=1S/C19H18F3N5O/c1-12-9-16(19(20,21)22)27-17(24-12)10-15(25-27)13-5-4-8-26(11-13)18(28)14-6-2-3-7-23-14/h2-3,6-7,9-10,13H,4-5,8,11H2,1H3. The number of aryl methyl sites for hydroxylation is 1. The molecule has 1 saturated heterocycles. The van der Waals surface area contributed by atoms with Gasteiger partial charge in [-0.1, -0.05) is 6.07 Å². The highest BCUT2D eigenvalue weighted by atomic mass is 19.4. The van der Waals surface area contributed by atoms with Crippen molar-refractivity contribution in [3.8, 4) is 0 Å². The lowest BCUT2D eigenvalue weighted by molar-refractivity contribution is -0.142. The number of fused-ring (bicyclic) bond motifs is 1. The van der Waals surface area contributed by atoms with E-state index in [1.54, 1.807) is 35.4 Å². The largest absolute Gasteiger partial charge is 0.433 e. The zero-order chi connectivity index (χ0) is 19.9. The molecule has 0 radical (unpaired) electrons. The Labute approximate surface area is 159 Å². The Hall–Kier alpha value is -2.97. The third-order valence-electron chi connectivity index (χ3n) is 4.88. The van der Waals surface area contributed by atoms with Crippen molar-refractivity contribution in [3.05, 3.63) is 59.3 Å². The van der Waals surface area contributed by atoms with Crippen molar-refractivity contribution in [2.45, 2.75) is 31.9 Å². The molecular weight excluding hydrogens is 371 g/mol. The Bertz CT molecular complexity index is 1020. The lowest BCUT2D eigenvalue weighted by Crippen LogP contribution is -2.39. The number of piperidine rings is 1. The van der Waals surface area contributed by atoms with Crippen molar-refractivity contribution in [3.63, 3.8) is 0 Å². The van der Waals surface area contributed by atoms with Gasteiger partial charge in [0.05, 0.1) is 5.69 Å². The highest BCUT2D eigenvalue weighted by Crippen LogP contribution is 2.32. The molecule has 6 nitrogen and oxygen atoms in total. The Morgan fingerprint density at radius 3 is 2.79 bits per heavy atom. The molecule has 0 aliphatic carbocycles. The second-order valence-electron chi connectivity index (χ2n) is 6.93. The monoisotopic (exact) mass is 389 g/mol. The van der Waals surface area contributed by atoms with E-state index in [-0.39, 0.29) is 23.2 Å². The van der Waals surface area contributed by atoms with Gasteiger partial charge in [0.25, 0.3) is 5.91 Å². The average Bonchev–Trinajstić information content (AvgIpc) is 3.10. The third kappa shape index (κ3) is 3.44. The van der Waals surface area contributed by atoms with E-state index >= 15 is 0 Å². The first kappa shape index (κ1) is 18.4. The fourth-order valence-corrected chi connectivity index (χ4v) is 3.57. The normalized spacial score (nSPS) is 17.9. The molecule has 1 amide bonds. The fraction of sp³-hybridized carbons (Fsp3) is 0.368. The van der Waals surface area contributed by atoms with E-state index in [9.17, 15) is 18.0 Å². The van der Waals surface area contributed by atoms with Crippen molar-refractivity contribution in [1.82, 2.24) is 24.5 Å². The molecule has 4 heterocycles. The molecule has 1 unspecified atom stereocenters. The summed E-state index contributed by atoms with van der Waals surface area (Å²) >= 11 is 0. The highest BCUT2D eigenvalue weighted by Gasteiger charge is 2.35. The van der Waals surface area contributed by atoms with Crippen LogP contribution in [0.25, 0.3) is 5.65 Å². The highest BCUT2D eigenvalue weighted by molar-refractivity contribution is 5.92. The number of amides is 1. The summed E-state index contributed by atoms with van der Waals surface area (Å²) in [4.78, 5) is 22.6. The molecule has 3 aromatic heterocycles. The number of alkyl halides is 3. The van der Waals surface area contributed by atoms with Crippen LogP contribution in [0.3, 0.4) is 0 Å². The second kappa shape index (κ2) is 6.88. The first-order valence-corrected chi connectivity index (χ1v) is 8.98. The minimum Gasteiger partial charge on any atom is -0.337 e. The lowest BCUT2D eigenvalue weighted by Gasteiger charge is -2.31. The molecule has 9 heteroatoms. The fourth-order valence-electron chi connectivity index (χ4n) is 3.57. The first-order valence-electron chi connectivity index (χ1n) is 8.98. The van der Waals surface area contributed by atoms with E-state index in [2.05, 4.69) is 15.1 Å². The van der Waals surface area contributed by atoms with Gasteiger partial charge >= 0.3 is 6.18 Å². The molecule has 1 atom stereocenters. The second-order valence-corrected chi connectivity index (χ2v) is 6.93. The number of hydrogen-bond donors (Lipinski definition) is 0. The number of aromatic nitrogens is 4. The topological polar surface area (TPSA) is 63.4 Å². The molecule has 0 bridgehead atoms. The van der Waals surface area contributed by atoms with Crippen LogP contribution in [0.2, 0.25) is 0 Å². The number of pyridine rings is 1. The summed E-state index contributed by atoms with van der Waals surface area (Å²) in [5.74, 6) is -0.330. The Morgan fingerprint density at radius 2 is 2.07 bits per heavy atom. The quantitative estimate of drug-likeness (QED) is 0.673. The summed E-state index contributed by atoms with van der Waals surface area (Å²) in [6, 6.07) is 7.71. The lowest BCUT2D eigenvalue weighted by atomic mass is 9.94. The van der Waals surface area contributed by atoms with Gasteiger partial charge < -0.3 is 4.90 Å². The van der Waals surface area contributed by atoms with Gasteiger partial charge in [-0.2, -0.15) is 18.3 Å².